The van der Waals surface area contributed by atoms with Gasteiger partial charge in [-0.3, -0.25) is 4.99 Å². The van der Waals surface area contributed by atoms with Gasteiger partial charge in [-0.05, 0) is 33.6 Å². The van der Waals surface area contributed by atoms with Gasteiger partial charge in [0.1, 0.15) is 0 Å². The fourth-order valence-corrected chi connectivity index (χ4v) is 5.45. The van der Waals surface area contributed by atoms with Crippen LogP contribution in [0.25, 0.3) is 0 Å². The van der Waals surface area contributed by atoms with E-state index < -0.39 is 0 Å². The molecule has 2 heterocycles. The van der Waals surface area contributed by atoms with Gasteiger partial charge in [-0.1, -0.05) is 31.0 Å². The van der Waals surface area contributed by atoms with Crippen molar-refractivity contribution in [1.29, 1.82) is 0 Å². The SMILES string of the molecule is Cc1nc(C)c(C(C)N=C2NC3(CCCCC3)CS2)s1. The number of aryl methyl sites for hydroxylation is 2. The zero-order chi connectivity index (χ0) is 14.2. The zero-order valence-corrected chi connectivity index (χ0v) is 14.2. The number of nitrogens with one attached hydrogen (secondary N) is 1. The predicted molar refractivity (Wildman–Crippen MR) is 88.8 cm³/mol. The maximum absolute atomic E-state index is 4.91. The molecule has 3 rings (SSSR count). The van der Waals surface area contributed by atoms with Gasteiger partial charge in [0.15, 0.2) is 5.17 Å². The van der Waals surface area contributed by atoms with Crippen molar-refractivity contribution < 1.29 is 0 Å². The van der Waals surface area contributed by atoms with E-state index in [1.165, 1.54) is 42.7 Å². The third kappa shape index (κ3) is 2.89. The number of thiazole rings is 1. The quantitative estimate of drug-likeness (QED) is 0.889. The Labute approximate surface area is 129 Å². The van der Waals surface area contributed by atoms with Crippen LogP contribution in [0.3, 0.4) is 0 Å². The third-order valence-corrected chi connectivity index (χ3v) is 6.72. The van der Waals surface area contributed by atoms with Gasteiger partial charge in [0, 0.05) is 11.3 Å². The molecule has 0 bridgehead atoms. The highest BCUT2D eigenvalue weighted by molar-refractivity contribution is 8.14. The highest BCUT2D eigenvalue weighted by Gasteiger charge is 2.38. The molecule has 1 aromatic heterocycles. The smallest absolute Gasteiger partial charge is 0.157 e. The molecule has 2 fully saturated rings. The number of aromatic nitrogens is 1. The van der Waals surface area contributed by atoms with Crippen molar-refractivity contribution in [3.05, 3.63) is 15.6 Å². The van der Waals surface area contributed by atoms with E-state index in [0.717, 1.165) is 15.9 Å². The summed E-state index contributed by atoms with van der Waals surface area (Å²) in [7, 11) is 0. The van der Waals surface area contributed by atoms with Crippen LogP contribution in [0.15, 0.2) is 4.99 Å². The third-order valence-electron chi connectivity index (χ3n) is 4.30. The molecule has 1 spiro atoms. The van der Waals surface area contributed by atoms with E-state index >= 15 is 0 Å². The van der Waals surface area contributed by atoms with E-state index in [9.17, 15) is 0 Å². The summed E-state index contributed by atoms with van der Waals surface area (Å²) in [4.78, 5) is 10.7. The lowest BCUT2D eigenvalue weighted by Gasteiger charge is -2.32. The lowest BCUT2D eigenvalue weighted by atomic mass is 9.83. The van der Waals surface area contributed by atoms with Crippen LogP contribution in [0.5, 0.6) is 0 Å². The standard InChI is InChI=1S/C15H23N3S2/c1-10-13(20-12(3)16-10)11(2)17-14-18-15(9-19-14)7-5-4-6-8-15/h11H,4-9H2,1-3H3,(H,17,18). The Morgan fingerprint density at radius 1 is 1.25 bits per heavy atom. The van der Waals surface area contributed by atoms with Gasteiger partial charge in [-0.25, -0.2) is 4.98 Å². The fourth-order valence-electron chi connectivity index (χ4n) is 3.24. The molecule has 1 atom stereocenters. The highest BCUT2D eigenvalue weighted by Crippen LogP contribution is 2.37. The van der Waals surface area contributed by atoms with E-state index in [0.29, 0.717) is 5.54 Å². The van der Waals surface area contributed by atoms with Crippen LogP contribution in [0, 0.1) is 13.8 Å². The minimum atomic E-state index is 0.218. The number of nitrogens with zero attached hydrogens (tertiary/aromatic N) is 2. The molecule has 0 aromatic carbocycles. The Morgan fingerprint density at radius 2 is 2.00 bits per heavy atom. The number of thioether (sulfide) groups is 1. The average Bonchev–Trinajstić information content (AvgIpc) is 2.94. The minimum Gasteiger partial charge on any atom is -0.359 e. The molecule has 110 valence electrons. The van der Waals surface area contributed by atoms with Crippen LogP contribution in [0.4, 0.5) is 0 Å². The summed E-state index contributed by atoms with van der Waals surface area (Å²) in [6, 6.07) is 0.218. The largest absolute Gasteiger partial charge is 0.359 e. The molecule has 1 N–H and O–H groups in total. The number of hydrogen-bond acceptors (Lipinski definition) is 4. The second kappa shape index (κ2) is 5.68. The van der Waals surface area contributed by atoms with Crippen molar-refractivity contribution in [2.45, 2.75) is 64.5 Å². The highest BCUT2D eigenvalue weighted by atomic mass is 32.2. The molecule has 1 saturated carbocycles. The van der Waals surface area contributed by atoms with Gasteiger partial charge in [0.05, 0.1) is 21.6 Å². The maximum atomic E-state index is 4.91. The fraction of sp³-hybridized carbons (Fsp3) is 0.733. The second-order valence-corrected chi connectivity index (χ2v) is 8.25. The van der Waals surface area contributed by atoms with Gasteiger partial charge in [-0.2, -0.15) is 0 Å². The summed E-state index contributed by atoms with van der Waals surface area (Å²) in [6.45, 7) is 6.34. The van der Waals surface area contributed by atoms with Crippen LogP contribution in [-0.4, -0.2) is 21.4 Å². The summed E-state index contributed by atoms with van der Waals surface area (Å²) >= 11 is 3.68. The summed E-state index contributed by atoms with van der Waals surface area (Å²) in [6.07, 6.45) is 6.75. The summed E-state index contributed by atoms with van der Waals surface area (Å²) < 4.78 is 0. The lowest BCUT2D eigenvalue weighted by Crippen LogP contribution is -2.45. The van der Waals surface area contributed by atoms with Crippen molar-refractivity contribution >= 4 is 28.3 Å². The average molecular weight is 310 g/mol. The normalized spacial score (nSPS) is 25.1. The first-order valence-electron chi connectivity index (χ1n) is 7.51. The van der Waals surface area contributed by atoms with Gasteiger partial charge in [0.2, 0.25) is 0 Å². The van der Waals surface area contributed by atoms with Crippen molar-refractivity contribution in [1.82, 2.24) is 10.3 Å². The van der Waals surface area contributed by atoms with Crippen molar-refractivity contribution in [2.75, 3.05) is 5.75 Å². The number of rotatable bonds is 2. The molecule has 1 saturated heterocycles. The second-order valence-electron chi connectivity index (χ2n) is 6.05. The molecule has 3 nitrogen and oxygen atoms in total. The summed E-state index contributed by atoms with van der Waals surface area (Å²) in [5.74, 6) is 1.19. The Bertz CT molecular complexity index is 515. The molecule has 0 amide bonds. The number of aliphatic imine (C=N–C) groups is 1. The van der Waals surface area contributed by atoms with E-state index in [1.807, 2.05) is 11.8 Å². The molecular weight excluding hydrogens is 286 g/mol. The summed E-state index contributed by atoms with van der Waals surface area (Å²) in [5.41, 5.74) is 1.49. The Balaban J connectivity index is 1.72. The number of hydrogen-bond donors (Lipinski definition) is 1. The molecule has 0 radical (unpaired) electrons. The molecule has 1 aliphatic carbocycles. The van der Waals surface area contributed by atoms with Gasteiger partial charge in [0.25, 0.3) is 0 Å². The van der Waals surface area contributed by atoms with Gasteiger partial charge >= 0.3 is 0 Å². The van der Waals surface area contributed by atoms with Crippen LogP contribution in [0.2, 0.25) is 0 Å². The first-order chi connectivity index (χ1) is 9.58. The van der Waals surface area contributed by atoms with Crippen molar-refractivity contribution in [3.63, 3.8) is 0 Å². The van der Waals surface area contributed by atoms with Crippen LogP contribution in [-0.2, 0) is 0 Å². The summed E-state index contributed by atoms with van der Waals surface area (Å²) in [5, 5.41) is 6.01. The molecule has 1 aliphatic heterocycles. The van der Waals surface area contributed by atoms with E-state index in [1.54, 1.807) is 11.3 Å². The topological polar surface area (TPSA) is 37.3 Å². The minimum absolute atomic E-state index is 0.218. The Kier molecular flexibility index (Phi) is 4.09. The van der Waals surface area contributed by atoms with E-state index in [-0.39, 0.29) is 6.04 Å². The molecular formula is C15H23N3S2. The molecule has 20 heavy (non-hydrogen) atoms. The number of amidine groups is 1. The monoisotopic (exact) mass is 309 g/mol. The molecule has 1 unspecified atom stereocenters. The molecule has 5 heteroatoms. The van der Waals surface area contributed by atoms with Crippen LogP contribution in [0.1, 0.15) is 60.6 Å². The molecule has 1 aromatic rings. The Morgan fingerprint density at radius 3 is 2.65 bits per heavy atom. The van der Waals surface area contributed by atoms with Gasteiger partial charge < -0.3 is 5.32 Å². The first-order valence-corrected chi connectivity index (χ1v) is 9.31. The van der Waals surface area contributed by atoms with Crippen LogP contribution >= 0.6 is 23.1 Å². The maximum Gasteiger partial charge on any atom is 0.157 e. The van der Waals surface area contributed by atoms with E-state index in [4.69, 9.17) is 4.99 Å². The van der Waals surface area contributed by atoms with Crippen molar-refractivity contribution in [3.8, 4) is 0 Å². The molecule has 2 aliphatic rings. The lowest BCUT2D eigenvalue weighted by molar-refractivity contribution is 0.303. The van der Waals surface area contributed by atoms with Gasteiger partial charge in [-0.15, -0.1) is 11.3 Å². The van der Waals surface area contributed by atoms with E-state index in [2.05, 4.69) is 31.1 Å². The van der Waals surface area contributed by atoms with Crippen molar-refractivity contribution in [2.24, 2.45) is 4.99 Å². The Hall–Kier alpha value is -0.550. The zero-order valence-electron chi connectivity index (χ0n) is 12.5. The first kappa shape index (κ1) is 14.4. The van der Waals surface area contributed by atoms with Crippen LogP contribution < -0.4 is 5.32 Å². The predicted octanol–water partition coefficient (Wildman–Crippen LogP) is 4.22.